The minimum absolute atomic E-state index is 0.189. The maximum Gasteiger partial charge on any atom is 0.259 e. The zero-order valence-electron chi connectivity index (χ0n) is 16.2. The molecule has 5 rings (SSSR count). The summed E-state index contributed by atoms with van der Waals surface area (Å²) in [6.45, 7) is 4.17. The van der Waals surface area contributed by atoms with E-state index in [1.165, 1.54) is 5.56 Å². The fourth-order valence-electron chi connectivity index (χ4n) is 3.73. The second-order valence-corrected chi connectivity index (χ2v) is 7.82. The van der Waals surface area contributed by atoms with Gasteiger partial charge in [-0.1, -0.05) is 12.1 Å². The number of ether oxygens (including phenoxy) is 1. The second kappa shape index (κ2) is 6.44. The minimum Gasteiger partial charge on any atom is -0.487 e. The molecule has 144 valence electrons. The Labute approximate surface area is 168 Å². The molecule has 0 unspecified atom stereocenters. The molecule has 3 heterocycles. The molecule has 0 saturated heterocycles. The van der Waals surface area contributed by atoms with Gasteiger partial charge in [0.05, 0.1) is 11.1 Å². The molecule has 1 aliphatic rings. The molecule has 6 heteroatoms. The van der Waals surface area contributed by atoms with Crippen LogP contribution >= 0.6 is 0 Å². The van der Waals surface area contributed by atoms with E-state index in [1.54, 1.807) is 24.4 Å². The Bertz CT molecular complexity index is 1230. The standard InChI is InChI=1S/C23H20N4O2/c1-23(2)13-15-12-14(9-10-18(15)29-23)21-25-17-7-5-6-16(20(17)27-21)22(28)26-19-8-3-4-11-24-19/h3-12H,13H2,1-2H3,(H,25,27)(H,24,26,28). The van der Waals surface area contributed by atoms with Gasteiger partial charge in [0.15, 0.2) is 0 Å². The van der Waals surface area contributed by atoms with Crippen molar-refractivity contribution in [2.75, 3.05) is 5.32 Å². The first-order valence-electron chi connectivity index (χ1n) is 9.52. The number of pyridine rings is 1. The summed E-state index contributed by atoms with van der Waals surface area (Å²) in [5.41, 5.74) is 3.89. The third-order valence-electron chi connectivity index (χ3n) is 5.00. The number of para-hydroxylation sites is 1. The van der Waals surface area contributed by atoms with Gasteiger partial charge in [0.25, 0.3) is 5.91 Å². The van der Waals surface area contributed by atoms with Crippen molar-refractivity contribution in [3.63, 3.8) is 0 Å². The van der Waals surface area contributed by atoms with Crippen LogP contribution in [-0.4, -0.2) is 26.5 Å². The van der Waals surface area contributed by atoms with E-state index >= 15 is 0 Å². The van der Waals surface area contributed by atoms with Crippen molar-refractivity contribution in [1.82, 2.24) is 15.0 Å². The number of rotatable bonds is 3. The minimum atomic E-state index is -0.239. The highest BCUT2D eigenvalue weighted by Crippen LogP contribution is 2.37. The molecule has 0 aliphatic carbocycles. The first kappa shape index (κ1) is 17.4. The lowest BCUT2D eigenvalue weighted by Gasteiger charge is -2.16. The molecule has 2 N–H and O–H groups in total. The molecule has 6 nitrogen and oxygen atoms in total. The summed E-state index contributed by atoms with van der Waals surface area (Å²) in [5.74, 6) is 1.92. The second-order valence-electron chi connectivity index (χ2n) is 7.82. The Morgan fingerprint density at radius 2 is 2.03 bits per heavy atom. The summed E-state index contributed by atoms with van der Waals surface area (Å²) in [5, 5.41) is 2.82. The average molecular weight is 384 g/mol. The lowest BCUT2D eigenvalue weighted by molar-refractivity contribution is 0.102. The summed E-state index contributed by atoms with van der Waals surface area (Å²) in [4.78, 5) is 25.0. The van der Waals surface area contributed by atoms with Crippen molar-refractivity contribution >= 4 is 22.8 Å². The highest BCUT2D eigenvalue weighted by molar-refractivity contribution is 6.11. The number of nitrogens with one attached hydrogen (secondary N) is 2. The van der Waals surface area contributed by atoms with E-state index in [-0.39, 0.29) is 11.5 Å². The SMILES string of the molecule is CC1(C)Cc2cc(-c3nc4c(C(=O)Nc5ccccn5)cccc4[nH]3)ccc2O1. The van der Waals surface area contributed by atoms with Gasteiger partial charge in [-0.3, -0.25) is 4.79 Å². The fourth-order valence-corrected chi connectivity index (χ4v) is 3.73. The van der Waals surface area contributed by atoms with E-state index in [4.69, 9.17) is 9.72 Å². The third kappa shape index (κ3) is 3.23. The normalized spacial score (nSPS) is 14.4. The number of nitrogens with zero attached hydrogens (tertiary/aromatic N) is 2. The Morgan fingerprint density at radius 1 is 1.14 bits per heavy atom. The molecule has 4 aromatic rings. The van der Waals surface area contributed by atoms with Crippen LogP contribution in [0.1, 0.15) is 29.8 Å². The number of aromatic nitrogens is 3. The van der Waals surface area contributed by atoms with Crippen LogP contribution < -0.4 is 10.1 Å². The van der Waals surface area contributed by atoms with Crippen LogP contribution in [0.2, 0.25) is 0 Å². The Hall–Kier alpha value is -3.67. The van der Waals surface area contributed by atoms with E-state index in [0.29, 0.717) is 16.9 Å². The van der Waals surface area contributed by atoms with Gasteiger partial charge < -0.3 is 15.0 Å². The molecule has 0 saturated carbocycles. The number of H-pyrrole nitrogens is 1. The maximum absolute atomic E-state index is 12.8. The topological polar surface area (TPSA) is 79.9 Å². The lowest BCUT2D eigenvalue weighted by Crippen LogP contribution is -2.24. The number of carbonyl (C=O) groups excluding carboxylic acids is 1. The van der Waals surface area contributed by atoms with E-state index in [9.17, 15) is 4.79 Å². The molecule has 0 spiro atoms. The van der Waals surface area contributed by atoms with Gasteiger partial charge in [-0.2, -0.15) is 0 Å². The number of anilines is 1. The first-order valence-corrected chi connectivity index (χ1v) is 9.52. The van der Waals surface area contributed by atoms with Crippen LogP contribution in [-0.2, 0) is 6.42 Å². The van der Waals surface area contributed by atoms with Gasteiger partial charge in [-0.25, -0.2) is 9.97 Å². The largest absolute Gasteiger partial charge is 0.487 e. The maximum atomic E-state index is 12.8. The number of hydrogen-bond acceptors (Lipinski definition) is 4. The molecule has 29 heavy (non-hydrogen) atoms. The van der Waals surface area contributed by atoms with Gasteiger partial charge in [-0.15, -0.1) is 0 Å². The Morgan fingerprint density at radius 3 is 2.86 bits per heavy atom. The highest BCUT2D eigenvalue weighted by atomic mass is 16.5. The van der Waals surface area contributed by atoms with Crippen LogP contribution in [0.25, 0.3) is 22.4 Å². The monoisotopic (exact) mass is 384 g/mol. The molecule has 2 aromatic carbocycles. The fraction of sp³-hybridized carbons (Fsp3) is 0.174. The Kier molecular flexibility index (Phi) is 3.87. The molecule has 0 fully saturated rings. The van der Waals surface area contributed by atoms with E-state index in [1.807, 2.05) is 30.3 Å². The van der Waals surface area contributed by atoms with Crippen molar-refractivity contribution in [1.29, 1.82) is 0 Å². The smallest absolute Gasteiger partial charge is 0.259 e. The first-order chi connectivity index (χ1) is 14.0. The summed E-state index contributed by atoms with van der Waals surface area (Å²) in [7, 11) is 0. The van der Waals surface area contributed by atoms with Crippen LogP contribution in [0, 0.1) is 0 Å². The molecule has 1 amide bonds. The van der Waals surface area contributed by atoms with E-state index in [0.717, 1.165) is 29.1 Å². The summed E-state index contributed by atoms with van der Waals surface area (Å²) >= 11 is 0. The lowest BCUT2D eigenvalue weighted by atomic mass is 10.00. The Balaban J connectivity index is 1.51. The van der Waals surface area contributed by atoms with Gasteiger partial charge in [0.2, 0.25) is 0 Å². The summed E-state index contributed by atoms with van der Waals surface area (Å²) in [6.07, 6.45) is 2.50. The third-order valence-corrected chi connectivity index (χ3v) is 5.00. The number of benzene rings is 2. The predicted molar refractivity (Wildman–Crippen MR) is 112 cm³/mol. The van der Waals surface area contributed by atoms with Crippen LogP contribution in [0.15, 0.2) is 60.8 Å². The average Bonchev–Trinajstić information content (AvgIpc) is 3.26. The number of amides is 1. The molecule has 1 aliphatic heterocycles. The number of imidazole rings is 1. The molecule has 2 aromatic heterocycles. The quantitative estimate of drug-likeness (QED) is 0.541. The molecular formula is C23H20N4O2. The number of hydrogen-bond donors (Lipinski definition) is 2. The van der Waals surface area contributed by atoms with Gasteiger partial charge in [0.1, 0.15) is 28.5 Å². The van der Waals surface area contributed by atoms with Gasteiger partial charge >= 0.3 is 0 Å². The van der Waals surface area contributed by atoms with Crippen molar-refractivity contribution < 1.29 is 9.53 Å². The molecular weight excluding hydrogens is 364 g/mol. The van der Waals surface area contributed by atoms with Crippen molar-refractivity contribution in [2.45, 2.75) is 25.9 Å². The highest BCUT2D eigenvalue weighted by Gasteiger charge is 2.30. The van der Waals surface area contributed by atoms with Crippen LogP contribution in [0.4, 0.5) is 5.82 Å². The zero-order chi connectivity index (χ0) is 20.0. The van der Waals surface area contributed by atoms with E-state index < -0.39 is 0 Å². The number of aromatic amines is 1. The van der Waals surface area contributed by atoms with Gasteiger partial charge in [0, 0.05) is 18.2 Å². The van der Waals surface area contributed by atoms with Gasteiger partial charge in [-0.05, 0) is 61.9 Å². The van der Waals surface area contributed by atoms with Crippen LogP contribution in [0.5, 0.6) is 5.75 Å². The number of carbonyl (C=O) groups is 1. The molecule has 0 radical (unpaired) electrons. The summed E-state index contributed by atoms with van der Waals surface area (Å²) in [6, 6.07) is 17.0. The summed E-state index contributed by atoms with van der Waals surface area (Å²) < 4.78 is 5.96. The predicted octanol–water partition coefficient (Wildman–Crippen LogP) is 4.59. The van der Waals surface area contributed by atoms with Crippen molar-refractivity contribution in [2.24, 2.45) is 0 Å². The zero-order valence-corrected chi connectivity index (χ0v) is 16.2. The van der Waals surface area contributed by atoms with Crippen molar-refractivity contribution in [3.8, 4) is 17.1 Å². The van der Waals surface area contributed by atoms with Crippen LogP contribution in [0.3, 0.4) is 0 Å². The van der Waals surface area contributed by atoms with Crippen molar-refractivity contribution in [3.05, 3.63) is 71.9 Å². The van der Waals surface area contributed by atoms with E-state index in [2.05, 4.69) is 35.2 Å². The number of fused-ring (bicyclic) bond motifs is 2. The molecule has 0 atom stereocenters. The molecule has 0 bridgehead atoms.